The highest BCUT2D eigenvalue weighted by molar-refractivity contribution is 8.00. The van der Waals surface area contributed by atoms with Crippen LogP contribution in [0.4, 0.5) is 0 Å². The van der Waals surface area contributed by atoms with E-state index in [2.05, 4.69) is 35.9 Å². The molecule has 1 aromatic heterocycles. The number of hydrogen-bond donors (Lipinski definition) is 1. The topological polar surface area (TPSA) is 49.0 Å². The minimum atomic E-state index is 0.222. The first kappa shape index (κ1) is 16.4. The van der Waals surface area contributed by atoms with Crippen molar-refractivity contribution in [2.24, 2.45) is 0 Å². The summed E-state index contributed by atoms with van der Waals surface area (Å²) in [5.74, 6) is 1.36. The van der Waals surface area contributed by atoms with Crippen LogP contribution in [-0.4, -0.2) is 38.0 Å². The van der Waals surface area contributed by atoms with Crippen molar-refractivity contribution in [1.29, 1.82) is 0 Å². The van der Waals surface area contributed by atoms with Crippen molar-refractivity contribution in [2.75, 3.05) is 12.3 Å². The number of amides is 1. The lowest BCUT2D eigenvalue weighted by Gasteiger charge is -2.35. The summed E-state index contributed by atoms with van der Waals surface area (Å²) in [5, 5.41) is 6.89. The van der Waals surface area contributed by atoms with Crippen LogP contribution in [0, 0.1) is 0 Å². The summed E-state index contributed by atoms with van der Waals surface area (Å²) in [4.78, 5) is 14.6. The fourth-order valence-electron chi connectivity index (χ4n) is 2.77. The van der Waals surface area contributed by atoms with Crippen LogP contribution in [0.5, 0.6) is 0 Å². The lowest BCUT2D eigenvalue weighted by Crippen LogP contribution is -2.38. The Kier molecular flexibility index (Phi) is 5.73. The monoisotopic (exact) mass is 309 g/mol. The van der Waals surface area contributed by atoms with Crippen molar-refractivity contribution >= 4 is 17.7 Å². The molecule has 0 spiro atoms. The summed E-state index contributed by atoms with van der Waals surface area (Å²) in [7, 11) is 0. The molecule has 0 bridgehead atoms. The highest BCUT2D eigenvalue weighted by Gasteiger charge is 2.28. The first-order valence-corrected chi connectivity index (χ1v) is 8.88. The zero-order valence-electron chi connectivity index (χ0n) is 13.4. The summed E-state index contributed by atoms with van der Waals surface area (Å²) < 4.78 is 0.285. The van der Waals surface area contributed by atoms with E-state index < -0.39 is 0 Å². The second-order valence-electron chi connectivity index (χ2n) is 6.69. The van der Waals surface area contributed by atoms with Crippen LogP contribution in [0.1, 0.15) is 64.5 Å². The van der Waals surface area contributed by atoms with Gasteiger partial charge >= 0.3 is 0 Å². The van der Waals surface area contributed by atoms with Gasteiger partial charge in [0.15, 0.2) is 0 Å². The van der Waals surface area contributed by atoms with Gasteiger partial charge in [-0.05, 0) is 31.4 Å². The van der Waals surface area contributed by atoms with Crippen molar-refractivity contribution in [3.05, 3.63) is 18.0 Å². The molecule has 2 heterocycles. The number of piperidine rings is 1. The highest BCUT2D eigenvalue weighted by atomic mass is 32.2. The smallest absolute Gasteiger partial charge is 0.223 e. The normalized spacial score (nSPS) is 19.8. The standard InChI is InChI=1S/C16H27N3OS/c1-16(2,3)21-10-6-8-15(20)19-9-5-4-7-14(19)13-11-17-18-12-13/h11-12,14H,4-10H2,1-3H3,(H,17,18)/t14-/m0/s1. The van der Waals surface area contributed by atoms with Crippen molar-refractivity contribution < 1.29 is 4.79 Å². The molecule has 1 aliphatic rings. The molecule has 4 nitrogen and oxygen atoms in total. The third-order valence-corrected chi connectivity index (χ3v) is 5.16. The van der Waals surface area contributed by atoms with Crippen LogP contribution in [0.3, 0.4) is 0 Å². The van der Waals surface area contributed by atoms with Gasteiger partial charge in [0.25, 0.3) is 0 Å². The van der Waals surface area contributed by atoms with Gasteiger partial charge in [-0.2, -0.15) is 16.9 Å². The molecule has 0 aliphatic carbocycles. The van der Waals surface area contributed by atoms with Crippen molar-refractivity contribution in [1.82, 2.24) is 15.1 Å². The van der Waals surface area contributed by atoms with Gasteiger partial charge in [0.05, 0.1) is 12.2 Å². The molecule has 0 radical (unpaired) electrons. The van der Waals surface area contributed by atoms with Crippen LogP contribution in [0.15, 0.2) is 12.4 Å². The number of nitrogens with one attached hydrogen (secondary N) is 1. The number of carbonyl (C=O) groups excluding carboxylic acids is 1. The third kappa shape index (κ3) is 5.06. The number of aromatic amines is 1. The van der Waals surface area contributed by atoms with Crippen LogP contribution < -0.4 is 0 Å². The molecule has 1 saturated heterocycles. The fourth-order valence-corrected chi connectivity index (χ4v) is 3.67. The van der Waals surface area contributed by atoms with E-state index in [0.29, 0.717) is 12.3 Å². The Hall–Kier alpha value is -0.970. The number of thioether (sulfide) groups is 1. The van der Waals surface area contributed by atoms with E-state index in [1.807, 2.05) is 24.2 Å². The summed E-state index contributed by atoms with van der Waals surface area (Å²) in [6, 6.07) is 0.222. The van der Waals surface area contributed by atoms with Crippen molar-refractivity contribution in [2.45, 2.75) is 63.7 Å². The maximum Gasteiger partial charge on any atom is 0.223 e. The zero-order valence-corrected chi connectivity index (χ0v) is 14.2. The van der Waals surface area contributed by atoms with Crippen molar-refractivity contribution in [3.8, 4) is 0 Å². The van der Waals surface area contributed by atoms with Gasteiger partial charge in [-0.25, -0.2) is 0 Å². The van der Waals surface area contributed by atoms with Crippen LogP contribution >= 0.6 is 11.8 Å². The van der Waals surface area contributed by atoms with E-state index in [0.717, 1.165) is 37.1 Å². The Bertz CT molecular complexity index is 439. The van der Waals surface area contributed by atoms with E-state index in [9.17, 15) is 4.79 Å². The van der Waals surface area contributed by atoms with Gasteiger partial charge in [-0.15, -0.1) is 0 Å². The Morgan fingerprint density at radius 2 is 2.29 bits per heavy atom. The largest absolute Gasteiger partial charge is 0.336 e. The van der Waals surface area contributed by atoms with Crippen molar-refractivity contribution in [3.63, 3.8) is 0 Å². The molecule has 1 atom stereocenters. The predicted octanol–water partition coefficient (Wildman–Crippen LogP) is 3.78. The lowest BCUT2D eigenvalue weighted by molar-refractivity contribution is -0.135. The van der Waals surface area contributed by atoms with Gasteiger partial charge < -0.3 is 4.90 Å². The summed E-state index contributed by atoms with van der Waals surface area (Å²) in [6.45, 7) is 7.55. The predicted molar refractivity (Wildman–Crippen MR) is 88.3 cm³/mol. The SMILES string of the molecule is CC(C)(C)SCCCC(=O)N1CCCC[C@H]1c1cn[nH]c1. The number of nitrogens with zero attached hydrogens (tertiary/aromatic N) is 2. The van der Waals surface area contributed by atoms with E-state index >= 15 is 0 Å². The second-order valence-corrected chi connectivity index (χ2v) is 8.62. The van der Waals surface area contributed by atoms with Crippen LogP contribution in [-0.2, 0) is 4.79 Å². The average molecular weight is 309 g/mol. The van der Waals surface area contributed by atoms with E-state index in [-0.39, 0.29) is 10.8 Å². The maximum atomic E-state index is 12.5. The lowest BCUT2D eigenvalue weighted by atomic mass is 9.97. The molecule has 0 aromatic carbocycles. The molecule has 1 aliphatic heterocycles. The quantitative estimate of drug-likeness (QED) is 0.842. The molecule has 1 aromatic rings. The maximum absolute atomic E-state index is 12.5. The number of carbonyl (C=O) groups is 1. The molecule has 118 valence electrons. The Balaban J connectivity index is 1.85. The number of aromatic nitrogens is 2. The average Bonchev–Trinajstić information content (AvgIpc) is 2.96. The molecule has 1 amide bonds. The van der Waals surface area contributed by atoms with Crippen LogP contribution in [0.2, 0.25) is 0 Å². The minimum absolute atomic E-state index is 0.222. The van der Waals surface area contributed by atoms with Gasteiger partial charge in [0.1, 0.15) is 0 Å². The van der Waals surface area contributed by atoms with Crippen LogP contribution in [0.25, 0.3) is 0 Å². The second kappa shape index (κ2) is 7.34. The zero-order chi connectivity index (χ0) is 15.3. The van der Waals surface area contributed by atoms with Gasteiger partial charge in [0, 0.05) is 29.5 Å². The first-order chi connectivity index (χ1) is 9.97. The molecule has 0 saturated carbocycles. The van der Waals surface area contributed by atoms with E-state index in [4.69, 9.17) is 0 Å². The summed E-state index contributed by atoms with van der Waals surface area (Å²) >= 11 is 1.94. The van der Waals surface area contributed by atoms with E-state index in [1.54, 1.807) is 0 Å². The van der Waals surface area contributed by atoms with Gasteiger partial charge in [-0.1, -0.05) is 20.8 Å². The molecule has 1 N–H and O–H groups in total. The Labute approximate surface area is 132 Å². The third-order valence-electron chi connectivity index (χ3n) is 3.80. The van der Waals surface area contributed by atoms with E-state index in [1.165, 1.54) is 6.42 Å². The molecule has 5 heteroatoms. The Morgan fingerprint density at radius 3 is 2.95 bits per heavy atom. The molecule has 1 fully saturated rings. The van der Waals surface area contributed by atoms with Gasteiger partial charge in [-0.3, -0.25) is 9.89 Å². The fraction of sp³-hybridized carbons (Fsp3) is 0.750. The van der Waals surface area contributed by atoms with Gasteiger partial charge in [0.2, 0.25) is 5.91 Å². The number of likely N-dealkylation sites (tertiary alicyclic amines) is 1. The number of rotatable bonds is 5. The number of hydrogen-bond acceptors (Lipinski definition) is 3. The summed E-state index contributed by atoms with van der Waals surface area (Å²) in [5.41, 5.74) is 1.15. The summed E-state index contributed by atoms with van der Waals surface area (Å²) in [6.07, 6.45) is 8.78. The number of H-pyrrole nitrogens is 1. The molecular weight excluding hydrogens is 282 g/mol. The molecule has 2 rings (SSSR count). The first-order valence-electron chi connectivity index (χ1n) is 7.89. The molecular formula is C16H27N3OS. The minimum Gasteiger partial charge on any atom is -0.336 e. The molecule has 0 unspecified atom stereocenters. The molecule has 21 heavy (non-hydrogen) atoms. The highest BCUT2D eigenvalue weighted by Crippen LogP contribution is 2.31. The Morgan fingerprint density at radius 1 is 1.48 bits per heavy atom.